The summed E-state index contributed by atoms with van der Waals surface area (Å²) in [6.45, 7) is 4.27. The number of carbonyl (C=O) groups excluding carboxylic acids is 1. The number of hydrogen-bond acceptors (Lipinski definition) is 3. The lowest BCUT2D eigenvalue weighted by Crippen LogP contribution is -2.27. The number of amides is 1. The molecular formula is C23H27NO4. The van der Waals surface area contributed by atoms with Gasteiger partial charge in [-0.1, -0.05) is 57.0 Å². The van der Waals surface area contributed by atoms with Gasteiger partial charge in [-0.15, -0.1) is 0 Å². The van der Waals surface area contributed by atoms with Crippen molar-refractivity contribution in [1.82, 2.24) is 5.32 Å². The van der Waals surface area contributed by atoms with Gasteiger partial charge in [-0.2, -0.15) is 0 Å². The third-order valence-electron chi connectivity index (χ3n) is 4.23. The highest BCUT2D eigenvalue weighted by Crippen LogP contribution is 2.19. The van der Waals surface area contributed by atoms with Crippen LogP contribution in [0.15, 0.2) is 60.3 Å². The summed E-state index contributed by atoms with van der Waals surface area (Å²) in [5.41, 5.74) is 0.884. The lowest BCUT2D eigenvalue weighted by molar-refractivity contribution is -0.132. The number of nitrogens with one attached hydrogen (secondary N) is 1. The minimum absolute atomic E-state index is 0.183. The number of carboxylic acid groups (broad SMARTS) is 1. The molecule has 0 radical (unpaired) electrons. The van der Waals surface area contributed by atoms with Crippen molar-refractivity contribution in [2.24, 2.45) is 0 Å². The van der Waals surface area contributed by atoms with Crippen LogP contribution in [0.25, 0.3) is 6.08 Å². The highest BCUT2D eigenvalue weighted by atomic mass is 16.5. The monoisotopic (exact) mass is 381 g/mol. The maximum atomic E-state index is 12.2. The van der Waals surface area contributed by atoms with Crippen molar-refractivity contribution < 1.29 is 19.4 Å². The zero-order valence-corrected chi connectivity index (χ0v) is 16.4. The van der Waals surface area contributed by atoms with E-state index in [1.54, 1.807) is 42.5 Å². The summed E-state index contributed by atoms with van der Waals surface area (Å²) in [5, 5.41) is 11.9. The SMILES string of the molecule is CCCC(CCC)Oc1ccc(C=C(NC(=O)c2ccccc2)C(=O)O)cc1. The van der Waals surface area contributed by atoms with Crippen molar-refractivity contribution >= 4 is 18.0 Å². The lowest BCUT2D eigenvalue weighted by Gasteiger charge is -2.18. The molecule has 0 atom stereocenters. The Morgan fingerprint density at radius 1 is 1.00 bits per heavy atom. The Kier molecular flexibility index (Phi) is 8.28. The minimum atomic E-state index is -1.20. The number of ether oxygens (including phenoxy) is 1. The first-order valence-electron chi connectivity index (χ1n) is 9.61. The summed E-state index contributed by atoms with van der Waals surface area (Å²) in [5.74, 6) is -0.902. The highest BCUT2D eigenvalue weighted by Gasteiger charge is 2.13. The number of benzene rings is 2. The van der Waals surface area contributed by atoms with Crippen molar-refractivity contribution in [3.8, 4) is 5.75 Å². The first kappa shape index (κ1) is 21.2. The fraction of sp³-hybridized carbons (Fsp3) is 0.304. The second-order valence-electron chi connectivity index (χ2n) is 6.57. The van der Waals surface area contributed by atoms with Crippen molar-refractivity contribution in [2.45, 2.75) is 45.6 Å². The predicted octanol–water partition coefficient (Wildman–Crippen LogP) is 4.89. The van der Waals surface area contributed by atoms with Gasteiger partial charge in [-0.05, 0) is 48.7 Å². The van der Waals surface area contributed by atoms with E-state index in [-0.39, 0.29) is 11.8 Å². The molecule has 2 rings (SSSR count). The third-order valence-corrected chi connectivity index (χ3v) is 4.23. The molecule has 5 nitrogen and oxygen atoms in total. The van der Waals surface area contributed by atoms with Gasteiger partial charge in [0.1, 0.15) is 11.4 Å². The fourth-order valence-electron chi connectivity index (χ4n) is 2.84. The number of rotatable bonds is 10. The molecule has 0 aliphatic heterocycles. The van der Waals surface area contributed by atoms with Gasteiger partial charge in [0.15, 0.2) is 0 Å². The lowest BCUT2D eigenvalue weighted by atomic mass is 10.1. The molecule has 0 saturated carbocycles. The van der Waals surface area contributed by atoms with Crippen LogP contribution in [-0.4, -0.2) is 23.1 Å². The Labute approximate surface area is 166 Å². The summed E-state index contributed by atoms with van der Waals surface area (Å²) in [7, 11) is 0. The van der Waals surface area contributed by atoms with Crippen molar-refractivity contribution in [3.63, 3.8) is 0 Å². The van der Waals surface area contributed by atoms with Gasteiger partial charge in [-0.3, -0.25) is 4.79 Å². The zero-order valence-electron chi connectivity index (χ0n) is 16.4. The van der Waals surface area contributed by atoms with E-state index < -0.39 is 11.9 Å². The third kappa shape index (κ3) is 6.58. The predicted molar refractivity (Wildman–Crippen MR) is 110 cm³/mol. The topological polar surface area (TPSA) is 75.6 Å². The summed E-state index contributed by atoms with van der Waals surface area (Å²) < 4.78 is 6.02. The van der Waals surface area contributed by atoms with E-state index >= 15 is 0 Å². The normalized spacial score (nSPS) is 11.3. The van der Waals surface area contributed by atoms with Gasteiger partial charge in [-0.25, -0.2) is 4.79 Å². The second kappa shape index (κ2) is 10.9. The molecule has 148 valence electrons. The van der Waals surface area contributed by atoms with E-state index in [4.69, 9.17) is 4.74 Å². The molecule has 0 fully saturated rings. The zero-order chi connectivity index (χ0) is 20.4. The van der Waals surface area contributed by atoms with E-state index in [1.165, 1.54) is 6.08 Å². The summed E-state index contributed by atoms with van der Waals surface area (Å²) >= 11 is 0. The number of carboxylic acids is 1. The largest absolute Gasteiger partial charge is 0.490 e. The highest BCUT2D eigenvalue weighted by molar-refractivity contribution is 6.02. The second-order valence-corrected chi connectivity index (χ2v) is 6.57. The number of aliphatic carboxylic acids is 1. The van der Waals surface area contributed by atoms with Gasteiger partial charge in [0.2, 0.25) is 0 Å². The number of carbonyl (C=O) groups is 2. The molecule has 5 heteroatoms. The van der Waals surface area contributed by atoms with Crippen molar-refractivity contribution in [2.75, 3.05) is 0 Å². The van der Waals surface area contributed by atoms with Crippen LogP contribution in [0.3, 0.4) is 0 Å². The molecule has 2 N–H and O–H groups in total. The van der Waals surface area contributed by atoms with Crippen LogP contribution in [0.2, 0.25) is 0 Å². The van der Waals surface area contributed by atoms with Crippen molar-refractivity contribution in [3.05, 3.63) is 71.4 Å². The Balaban J connectivity index is 2.10. The molecule has 0 spiro atoms. The molecule has 0 saturated heterocycles. The average molecular weight is 381 g/mol. The van der Waals surface area contributed by atoms with Gasteiger partial charge in [0.25, 0.3) is 5.91 Å². The van der Waals surface area contributed by atoms with Gasteiger partial charge >= 0.3 is 5.97 Å². The van der Waals surface area contributed by atoms with E-state index in [0.717, 1.165) is 31.4 Å². The Morgan fingerprint density at radius 2 is 1.61 bits per heavy atom. The molecule has 0 aliphatic carbocycles. The van der Waals surface area contributed by atoms with Crippen LogP contribution in [0.5, 0.6) is 5.75 Å². The summed E-state index contributed by atoms with van der Waals surface area (Å²) in [4.78, 5) is 23.7. The standard InChI is InChI=1S/C23H27NO4/c1-3-8-19(9-4-2)28-20-14-12-17(13-15-20)16-21(23(26)27)24-22(25)18-10-6-5-7-11-18/h5-7,10-16,19H,3-4,8-9H2,1-2H3,(H,24,25)(H,26,27). The van der Waals surface area contributed by atoms with Crippen molar-refractivity contribution in [1.29, 1.82) is 0 Å². The van der Waals surface area contributed by atoms with Crippen LogP contribution in [-0.2, 0) is 4.79 Å². The average Bonchev–Trinajstić information content (AvgIpc) is 2.69. The molecule has 0 unspecified atom stereocenters. The van der Waals surface area contributed by atoms with Crippen LogP contribution < -0.4 is 10.1 Å². The fourth-order valence-corrected chi connectivity index (χ4v) is 2.84. The van der Waals surface area contributed by atoms with Gasteiger partial charge in [0.05, 0.1) is 6.10 Å². The molecule has 0 aliphatic rings. The molecular weight excluding hydrogens is 354 g/mol. The first-order chi connectivity index (χ1) is 13.5. The maximum absolute atomic E-state index is 12.2. The molecule has 0 aromatic heterocycles. The Hall–Kier alpha value is -3.08. The van der Waals surface area contributed by atoms with Crippen LogP contribution in [0.4, 0.5) is 0 Å². The van der Waals surface area contributed by atoms with Gasteiger partial charge < -0.3 is 15.2 Å². The van der Waals surface area contributed by atoms with Gasteiger partial charge in [0, 0.05) is 5.56 Å². The van der Waals surface area contributed by atoms with E-state index in [0.29, 0.717) is 11.1 Å². The van der Waals surface area contributed by atoms with E-state index in [2.05, 4.69) is 19.2 Å². The first-order valence-corrected chi connectivity index (χ1v) is 9.61. The molecule has 0 bridgehead atoms. The van der Waals surface area contributed by atoms with Crippen LogP contribution in [0.1, 0.15) is 55.5 Å². The summed E-state index contributed by atoms with van der Waals surface area (Å²) in [6.07, 6.45) is 5.76. The molecule has 2 aromatic rings. The van der Waals surface area contributed by atoms with Crippen LogP contribution in [0, 0.1) is 0 Å². The smallest absolute Gasteiger partial charge is 0.352 e. The minimum Gasteiger partial charge on any atom is -0.490 e. The van der Waals surface area contributed by atoms with E-state index in [9.17, 15) is 14.7 Å². The Bertz CT molecular complexity index is 791. The quantitative estimate of drug-likeness (QED) is 0.575. The maximum Gasteiger partial charge on any atom is 0.352 e. The van der Waals surface area contributed by atoms with Crippen LogP contribution >= 0.6 is 0 Å². The summed E-state index contributed by atoms with van der Waals surface area (Å²) in [6, 6.07) is 15.7. The Morgan fingerprint density at radius 3 is 2.14 bits per heavy atom. The molecule has 0 heterocycles. The number of hydrogen-bond donors (Lipinski definition) is 2. The molecule has 2 aromatic carbocycles. The molecule has 28 heavy (non-hydrogen) atoms. The van der Waals surface area contributed by atoms with E-state index in [1.807, 2.05) is 12.1 Å². The molecule has 1 amide bonds.